The van der Waals surface area contributed by atoms with E-state index in [1.165, 1.54) is 18.7 Å². The number of nitrogens with one attached hydrogen (secondary N) is 1. The van der Waals surface area contributed by atoms with Crippen molar-refractivity contribution in [3.8, 4) is 11.5 Å². The molecule has 4 aromatic heterocycles. The van der Waals surface area contributed by atoms with Crippen molar-refractivity contribution in [2.75, 3.05) is 11.9 Å². The van der Waals surface area contributed by atoms with Gasteiger partial charge in [-0.25, -0.2) is 28.8 Å². The summed E-state index contributed by atoms with van der Waals surface area (Å²) in [6.45, 7) is 6.06. The molecule has 2 aliphatic heterocycles. The molecule has 2 bridgehead atoms. The van der Waals surface area contributed by atoms with Crippen LogP contribution in [0.4, 0.5) is 15.9 Å². The lowest BCUT2D eigenvalue weighted by Gasteiger charge is -2.41. The van der Waals surface area contributed by atoms with Crippen LogP contribution in [0.2, 0.25) is 0 Å². The van der Waals surface area contributed by atoms with Crippen LogP contribution < -0.4 is 10.1 Å². The fourth-order valence-electron chi connectivity index (χ4n) is 6.32. The van der Waals surface area contributed by atoms with Crippen molar-refractivity contribution in [1.29, 1.82) is 0 Å². The molecule has 6 heterocycles. The number of hydrogen-bond acceptors (Lipinski definition) is 8. The summed E-state index contributed by atoms with van der Waals surface area (Å²) < 4.78 is 23.2. The number of fused-ring (bicyclic) bond motifs is 6. The Bertz CT molecular complexity index is 1840. The lowest BCUT2D eigenvalue weighted by Crippen LogP contribution is -2.47. The van der Waals surface area contributed by atoms with Gasteiger partial charge < -0.3 is 15.0 Å². The molecule has 1 saturated carbocycles. The van der Waals surface area contributed by atoms with Crippen LogP contribution in [-0.2, 0) is 4.79 Å². The molecule has 0 radical (unpaired) electrons. The number of nitrogens with zero attached hydrogens (tertiary/aromatic N) is 7. The van der Waals surface area contributed by atoms with Gasteiger partial charge >= 0.3 is 0 Å². The van der Waals surface area contributed by atoms with Crippen LogP contribution in [0.3, 0.4) is 0 Å². The van der Waals surface area contributed by atoms with Crippen molar-refractivity contribution in [2.45, 2.75) is 44.6 Å². The molecule has 42 heavy (non-hydrogen) atoms. The molecule has 1 aromatic carbocycles. The molecule has 212 valence electrons. The molecule has 1 N–H and O–H groups in total. The third-order valence-electron chi connectivity index (χ3n) is 8.49. The molecule has 1 amide bonds. The number of pyridine rings is 2. The summed E-state index contributed by atoms with van der Waals surface area (Å²) in [5, 5.41) is 7.22. The maximum Gasteiger partial charge on any atom is 0.246 e. The first-order valence-corrected chi connectivity index (χ1v) is 14.1. The van der Waals surface area contributed by atoms with E-state index < -0.39 is 5.82 Å². The first kappa shape index (κ1) is 26.0. The molecule has 2 unspecified atom stereocenters. The number of hydrogen-bond donors (Lipinski definition) is 1. The van der Waals surface area contributed by atoms with Crippen LogP contribution in [0.5, 0.6) is 11.5 Å². The average molecular weight is 565 g/mol. The number of piperidine rings is 1. The summed E-state index contributed by atoms with van der Waals surface area (Å²) in [4.78, 5) is 32.5. The standard InChI is InChI=1S/C31H29FN8O2/c1-3-28(41)39-15-19-5-4-6-20(39)13-22(19)23-7-8-25-30(37-23)31(35-16-33-25)38-24-9-10-26(18(2)29(24)32)42-21-11-12-40-27(14-21)34-17-36-40/h3,7-12,14,16-17,19-20,22H,1,4-6,13,15H2,2H3,(H,33,35,38)/t19?,20-,22?/m0/s1. The second kappa shape index (κ2) is 10.5. The zero-order valence-corrected chi connectivity index (χ0v) is 23.1. The number of carbonyl (C=O) groups is 1. The zero-order valence-electron chi connectivity index (χ0n) is 23.1. The minimum Gasteiger partial charge on any atom is -0.457 e. The van der Waals surface area contributed by atoms with Gasteiger partial charge in [0.05, 0.1) is 11.2 Å². The van der Waals surface area contributed by atoms with Crippen molar-refractivity contribution in [2.24, 2.45) is 5.92 Å². The Hall–Kier alpha value is -4.93. The molecule has 1 aliphatic carbocycles. The highest BCUT2D eigenvalue weighted by Crippen LogP contribution is 2.43. The lowest BCUT2D eigenvalue weighted by atomic mass is 9.80. The summed E-state index contributed by atoms with van der Waals surface area (Å²) in [6, 6.07) is 11.0. The number of amides is 1. The van der Waals surface area contributed by atoms with Gasteiger partial charge in [0.25, 0.3) is 0 Å². The first-order valence-electron chi connectivity index (χ1n) is 14.1. The van der Waals surface area contributed by atoms with E-state index in [-0.39, 0.29) is 23.6 Å². The molecule has 0 spiro atoms. The monoisotopic (exact) mass is 564 g/mol. The van der Waals surface area contributed by atoms with Crippen molar-refractivity contribution in [1.82, 2.24) is 34.4 Å². The Balaban J connectivity index is 1.16. The van der Waals surface area contributed by atoms with Gasteiger partial charge in [0.15, 0.2) is 17.3 Å². The van der Waals surface area contributed by atoms with E-state index >= 15 is 4.39 Å². The Kier molecular flexibility index (Phi) is 6.49. The van der Waals surface area contributed by atoms with Gasteiger partial charge in [0.1, 0.15) is 29.7 Å². The van der Waals surface area contributed by atoms with Gasteiger partial charge in [0, 0.05) is 42.0 Å². The number of benzene rings is 1. The van der Waals surface area contributed by atoms with E-state index in [4.69, 9.17) is 9.72 Å². The third-order valence-corrected chi connectivity index (χ3v) is 8.49. The summed E-state index contributed by atoms with van der Waals surface area (Å²) in [6.07, 6.45) is 10.0. The van der Waals surface area contributed by atoms with E-state index in [2.05, 4.69) is 31.9 Å². The summed E-state index contributed by atoms with van der Waals surface area (Å²) in [5.41, 5.74) is 3.43. The predicted octanol–water partition coefficient (Wildman–Crippen LogP) is 5.72. The van der Waals surface area contributed by atoms with Crippen LogP contribution in [0.25, 0.3) is 16.7 Å². The van der Waals surface area contributed by atoms with E-state index in [1.54, 1.807) is 41.9 Å². The molecule has 3 atom stereocenters. The molecule has 11 heteroatoms. The predicted molar refractivity (Wildman–Crippen MR) is 155 cm³/mol. The number of rotatable bonds is 6. The summed E-state index contributed by atoms with van der Waals surface area (Å²) in [7, 11) is 0. The molecule has 8 rings (SSSR count). The summed E-state index contributed by atoms with van der Waals surface area (Å²) in [5.74, 6) is 1.43. The molecule has 3 fully saturated rings. The van der Waals surface area contributed by atoms with Gasteiger partial charge in [-0.05, 0) is 68.5 Å². The van der Waals surface area contributed by atoms with Gasteiger partial charge in [0.2, 0.25) is 5.91 Å². The van der Waals surface area contributed by atoms with Gasteiger partial charge in [-0.3, -0.25) is 4.79 Å². The lowest BCUT2D eigenvalue weighted by molar-refractivity contribution is -0.130. The highest BCUT2D eigenvalue weighted by molar-refractivity contribution is 5.88. The number of aromatic nitrogens is 6. The van der Waals surface area contributed by atoms with Crippen LogP contribution in [0.15, 0.2) is 67.9 Å². The van der Waals surface area contributed by atoms with Crippen molar-refractivity contribution in [3.63, 3.8) is 0 Å². The zero-order chi connectivity index (χ0) is 28.8. The van der Waals surface area contributed by atoms with Gasteiger partial charge in [-0.2, -0.15) is 5.10 Å². The Morgan fingerprint density at radius 1 is 1.14 bits per heavy atom. The molecular formula is C31H29FN8O2. The van der Waals surface area contributed by atoms with Crippen LogP contribution in [0.1, 0.15) is 42.9 Å². The minimum absolute atomic E-state index is 0.00170. The third kappa shape index (κ3) is 4.60. The number of halogens is 1. The SMILES string of the molecule is C=CC(=O)N1CC2CCC[C@H]1CC2c1ccc2ncnc(Nc3ccc(Oc4ccn5ncnc5c4)c(C)c3F)c2n1. The maximum atomic E-state index is 15.6. The molecule has 2 saturated heterocycles. The normalized spacial score (nSPS) is 20.0. The fraction of sp³-hybridized carbons (Fsp3) is 0.290. The van der Waals surface area contributed by atoms with E-state index in [0.717, 1.165) is 31.4 Å². The van der Waals surface area contributed by atoms with Crippen molar-refractivity contribution >= 4 is 34.1 Å². The second-order valence-electron chi connectivity index (χ2n) is 10.9. The quantitative estimate of drug-likeness (QED) is 0.261. The van der Waals surface area contributed by atoms with Crippen molar-refractivity contribution in [3.05, 3.63) is 85.0 Å². The van der Waals surface area contributed by atoms with Crippen LogP contribution in [0, 0.1) is 18.7 Å². The van der Waals surface area contributed by atoms with E-state index in [0.29, 0.717) is 52.0 Å². The maximum absolute atomic E-state index is 15.6. The molecule has 10 nitrogen and oxygen atoms in total. The summed E-state index contributed by atoms with van der Waals surface area (Å²) >= 11 is 0. The number of anilines is 2. The van der Waals surface area contributed by atoms with Crippen LogP contribution in [-0.4, -0.2) is 52.9 Å². The second-order valence-corrected chi connectivity index (χ2v) is 10.9. The number of carbonyl (C=O) groups excluding carboxylic acids is 1. The van der Waals surface area contributed by atoms with Crippen LogP contribution >= 0.6 is 0 Å². The fourth-order valence-corrected chi connectivity index (χ4v) is 6.32. The Morgan fingerprint density at radius 2 is 2.05 bits per heavy atom. The number of ether oxygens (including phenoxy) is 1. The van der Waals surface area contributed by atoms with E-state index in [1.807, 2.05) is 17.0 Å². The van der Waals surface area contributed by atoms with Gasteiger partial charge in [-0.15, -0.1) is 0 Å². The molecular weight excluding hydrogens is 535 g/mol. The highest BCUT2D eigenvalue weighted by Gasteiger charge is 2.40. The van der Waals surface area contributed by atoms with E-state index in [9.17, 15) is 4.79 Å². The van der Waals surface area contributed by atoms with Gasteiger partial charge in [-0.1, -0.05) is 13.0 Å². The minimum atomic E-state index is -0.452. The smallest absolute Gasteiger partial charge is 0.246 e. The average Bonchev–Trinajstić information content (AvgIpc) is 3.26. The first-order chi connectivity index (χ1) is 20.5. The Morgan fingerprint density at radius 3 is 2.93 bits per heavy atom. The van der Waals surface area contributed by atoms with Crippen molar-refractivity contribution < 1.29 is 13.9 Å². The largest absolute Gasteiger partial charge is 0.457 e. The highest BCUT2D eigenvalue weighted by atomic mass is 19.1. The molecule has 3 aliphatic rings. The topological polar surface area (TPSA) is 110 Å². The Labute approximate surface area is 241 Å². The molecule has 5 aromatic rings.